The Kier molecular flexibility index (Phi) is 5.28. The highest BCUT2D eigenvalue weighted by atomic mass is 16.5. The molecule has 0 amide bonds. The summed E-state index contributed by atoms with van der Waals surface area (Å²) in [6.45, 7) is 10.8. The van der Waals surface area contributed by atoms with Gasteiger partial charge < -0.3 is 19.5 Å². The fraction of sp³-hybridized carbons (Fsp3) is 0.818. The summed E-state index contributed by atoms with van der Waals surface area (Å²) in [5.74, 6) is 2.67. The van der Waals surface area contributed by atoms with Crippen LogP contribution >= 0.6 is 0 Å². The van der Waals surface area contributed by atoms with Crippen LogP contribution in [0.15, 0.2) is 15.6 Å². The molecule has 1 aromatic heterocycles. The summed E-state index contributed by atoms with van der Waals surface area (Å²) < 4.78 is 11.4. The molecule has 2 saturated carbocycles. The number of aryl methyl sites for hydroxylation is 1. The first-order valence-electron chi connectivity index (χ1n) is 11.5. The third-order valence-electron chi connectivity index (χ3n) is 7.61. The van der Waals surface area contributed by atoms with E-state index in [1.165, 1.54) is 32.1 Å². The molecule has 7 heteroatoms. The second-order valence-electron chi connectivity index (χ2n) is 9.30. The molecule has 2 saturated heterocycles. The van der Waals surface area contributed by atoms with Crippen LogP contribution in [-0.4, -0.2) is 72.4 Å². The average Bonchev–Trinajstić information content (AvgIpc) is 3.46. The van der Waals surface area contributed by atoms with Crippen molar-refractivity contribution >= 4 is 5.96 Å². The lowest BCUT2D eigenvalue weighted by atomic mass is 9.54. The molecule has 3 heterocycles. The Bertz CT molecular complexity index is 733. The van der Waals surface area contributed by atoms with Crippen molar-refractivity contribution in [2.75, 3.05) is 39.3 Å². The van der Waals surface area contributed by atoms with E-state index in [2.05, 4.69) is 27.2 Å². The van der Waals surface area contributed by atoms with Crippen LogP contribution in [0.2, 0.25) is 0 Å². The van der Waals surface area contributed by atoms with E-state index in [4.69, 9.17) is 14.3 Å². The van der Waals surface area contributed by atoms with Crippen molar-refractivity contribution < 1.29 is 9.26 Å². The minimum absolute atomic E-state index is 0.363. The summed E-state index contributed by atoms with van der Waals surface area (Å²) in [6.07, 6.45) is 7.03. The number of hydrogen-bond acceptors (Lipinski definition) is 5. The van der Waals surface area contributed by atoms with Crippen molar-refractivity contribution in [2.45, 2.75) is 64.6 Å². The number of nitrogens with zero attached hydrogens (tertiary/aromatic N) is 4. The maximum Gasteiger partial charge on any atom is 0.194 e. The van der Waals surface area contributed by atoms with Gasteiger partial charge in [-0.2, -0.15) is 0 Å². The maximum atomic E-state index is 6.17. The molecule has 29 heavy (non-hydrogen) atoms. The molecule has 2 aliphatic heterocycles. The third-order valence-corrected chi connectivity index (χ3v) is 7.61. The Labute approximate surface area is 173 Å². The van der Waals surface area contributed by atoms with Crippen molar-refractivity contribution in [3.05, 3.63) is 17.5 Å². The molecule has 0 bridgehead atoms. The molecule has 2 aliphatic carbocycles. The average molecular weight is 402 g/mol. The number of aromatic nitrogens is 1. The van der Waals surface area contributed by atoms with Crippen LogP contribution in [0.25, 0.3) is 0 Å². The van der Waals surface area contributed by atoms with Crippen LogP contribution < -0.4 is 5.32 Å². The van der Waals surface area contributed by atoms with Crippen LogP contribution in [0.3, 0.4) is 0 Å². The number of hydrogen-bond donors (Lipinski definition) is 1. The van der Waals surface area contributed by atoms with Crippen molar-refractivity contribution in [3.8, 4) is 0 Å². The zero-order valence-corrected chi connectivity index (χ0v) is 17.9. The van der Waals surface area contributed by atoms with Gasteiger partial charge in [0, 0.05) is 69.3 Å². The zero-order valence-electron chi connectivity index (χ0n) is 17.9. The monoisotopic (exact) mass is 401 g/mol. The SMILES string of the molecule is CCN=C(NC1C2CCOC2C12CCCC2)N1CCN(Cc2cc(C)on2)CC1. The summed E-state index contributed by atoms with van der Waals surface area (Å²) in [7, 11) is 0. The highest BCUT2D eigenvalue weighted by Crippen LogP contribution is 2.60. The van der Waals surface area contributed by atoms with Gasteiger partial charge in [-0.05, 0) is 33.1 Å². The van der Waals surface area contributed by atoms with Gasteiger partial charge in [0.2, 0.25) is 0 Å². The van der Waals surface area contributed by atoms with Gasteiger partial charge in [0.25, 0.3) is 0 Å². The van der Waals surface area contributed by atoms with Crippen molar-refractivity contribution in [1.29, 1.82) is 0 Å². The summed E-state index contributed by atoms with van der Waals surface area (Å²) >= 11 is 0. The Balaban J connectivity index is 1.22. The Morgan fingerprint density at radius 2 is 2.07 bits per heavy atom. The summed E-state index contributed by atoms with van der Waals surface area (Å²) in [5.41, 5.74) is 1.39. The van der Waals surface area contributed by atoms with Crippen molar-refractivity contribution in [2.24, 2.45) is 16.3 Å². The first-order valence-corrected chi connectivity index (χ1v) is 11.5. The van der Waals surface area contributed by atoms with E-state index in [-0.39, 0.29) is 0 Å². The summed E-state index contributed by atoms with van der Waals surface area (Å²) in [5, 5.41) is 8.09. The number of rotatable bonds is 4. The van der Waals surface area contributed by atoms with Crippen LogP contribution in [0.1, 0.15) is 50.5 Å². The highest BCUT2D eigenvalue weighted by Gasteiger charge is 2.65. The van der Waals surface area contributed by atoms with E-state index >= 15 is 0 Å². The van der Waals surface area contributed by atoms with Crippen LogP contribution in [0, 0.1) is 18.3 Å². The molecule has 1 N–H and O–H groups in total. The molecule has 7 nitrogen and oxygen atoms in total. The molecule has 160 valence electrons. The maximum absolute atomic E-state index is 6.17. The van der Waals surface area contributed by atoms with Gasteiger partial charge in [-0.15, -0.1) is 0 Å². The lowest BCUT2D eigenvalue weighted by molar-refractivity contribution is -0.125. The largest absolute Gasteiger partial charge is 0.377 e. The van der Waals surface area contributed by atoms with Gasteiger partial charge in [-0.25, -0.2) is 0 Å². The fourth-order valence-electron chi connectivity index (χ4n) is 6.27. The van der Waals surface area contributed by atoms with E-state index in [0.29, 0.717) is 23.5 Å². The molecule has 1 spiro atoms. The second-order valence-corrected chi connectivity index (χ2v) is 9.30. The second kappa shape index (κ2) is 7.91. The van der Waals surface area contributed by atoms with E-state index in [9.17, 15) is 0 Å². The fourth-order valence-corrected chi connectivity index (χ4v) is 6.27. The minimum Gasteiger partial charge on any atom is -0.377 e. The topological polar surface area (TPSA) is 66.1 Å². The molecule has 3 unspecified atom stereocenters. The Morgan fingerprint density at radius 1 is 1.28 bits per heavy atom. The van der Waals surface area contributed by atoms with Crippen LogP contribution in [0.4, 0.5) is 0 Å². The van der Waals surface area contributed by atoms with Gasteiger partial charge in [-0.3, -0.25) is 9.89 Å². The lowest BCUT2D eigenvalue weighted by Gasteiger charge is -2.57. The van der Waals surface area contributed by atoms with Gasteiger partial charge in [0.15, 0.2) is 5.96 Å². The summed E-state index contributed by atoms with van der Waals surface area (Å²) in [4.78, 5) is 9.81. The molecule has 0 radical (unpaired) electrons. The number of fused-ring (bicyclic) bond motifs is 2. The Morgan fingerprint density at radius 3 is 2.76 bits per heavy atom. The van der Waals surface area contributed by atoms with Gasteiger partial charge in [0.05, 0.1) is 11.8 Å². The molecule has 1 aromatic rings. The third kappa shape index (κ3) is 3.46. The minimum atomic E-state index is 0.363. The van der Waals surface area contributed by atoms with Gasteiger partial charge in [-0.1, -0.05) is 18.0 Å². The van der Waals surface area contributed by atoms with Crippen LogP contribution in [0.5, 0.6) is 0 Å². The lowest BCUT2D eigenvalue weighted by Crippen LogP contribution is -2.70. The number of guanidine groups is 1. The number of piperazine rings is 1. The quantitative estimate of drug-likeness (QED) is 0.617. The van der Waals surface area contributed by atoms with Gasteiger partial charge in [0.1, 0.15) is 5.76 Å². The molecule has 4 fully saturated rings. The predicted octanol–water partition coefficient (Wildman–Crippen LogP) is 2.41. The zero-order chi connectivity index (χ0) is 19.8. The van der Waals surface area contributed by atoms with E-state index in [1.54, 1.807) is 0 Å². The molecule has 4 aliphatic rings. The first-order chi connectivity index (χ1) is 14.2. The number of nitrogens with one attached hydrogen (secondary N) is 1. The number of aliphatic imine (C=N–C) groups is 1. The van der Waals surface area contributed by atoms with E-state index in [0.717, 1.165) is 63.3 Å². The van der Waals surface area contributed by atoms with E-state index in [1.807, 2.05) is 13.0 Å². The smallest absolute Gasteiger partial charge is 0.194 e. The highest BCUT2D eigenvalue weighted by molar-refractivity contribution is 5.81. The Hall–Kier alpha value is -1.60. The normalized spacial score (nSPS) is 31.9. The van der Waals surface area contributed by atoms with Crippen molar-refractivity contribution in [3.63, 3.8) is 0 Å². The summed E-state index contributed by atoms with van der Waals surface area (Å²) in [6, 6.07) is 2.58. The first kappa shape index (κ1) is 19.4. The predicted molar refractivity (Wildman–Crippen MR) is 112 cm³/mol. The molecule has 5 rings (SSSR count). The molecule has 0 aromatic carbocycles. The molecular formula is C22H35N5O2. The molecule has 3 atom stereocenters. The number of ether oxygens (including phenoxy) is 1. The van der Waals surface area contributed by atoms with Crippen LogP contribution in [-0.2, 0) is 11.3 Å². The van der Waals surface area contributed by atoms with Gasteiger partial charge >= 0.3 is 0 Å². The standard InChI is InChI=1S/C22H35N5O2/c1-3-23-21(24-19-18-6-13-28-20(18)22(19)7-4-5-8-22)27-11-9-26(10-12-27)15-17-14-16(2)29-25-17/h14,18-20H,3-13,15H2,1-2H3,(H,23,24). The molecular weight excluding hydrogens is 366 g/mol. The van der Waals surface area contributed by atoms with E-state index < -0.39 is 0 Å². The van der Waals surface area contributed by atoms with Crippen molar-refractivity contribution in [1.82, 2.24) is 20.3 Å².